The second-order valence-electron chi connectivity index (χ2n) is 5.11. The van der Waals surface area contributed by atoms with Gasteiger partial charge >= 0.3 is 0 Å². The zero-order valence-corrected chi connectivity index (χ0v) is 13.6. The van der Waals surface area contributed by atoms with Crippen molar-refractivity contribution in [2.75, 3.05) is 0 Å². The van der Waals surface area contributed by atoms with Gasteiger partial charge in [-0.25, -0.2) is 4.98 Å². The summed E-state index contributed by atoms with van der Waals surface area (Å²) in [6.45, 7) is 6.13. The topological polar surface area (TPSA) is 35.0 Å². The van der Waals surface area contributed by atoms with E-state index in [-0.39, 0.29) is 0 Å². The lowest BCUT2D eigenvalue weighted by molar-refractivity contribution is 0.454. The smallest absolute Gasteiger partial charge is 0.226 e. The summed E-state index contributed by atoms with van der Waals surface area (Å²) in [7, 11) is 0. The maximum absolute atomic E-state index is 6.16. The van der Waals surface area contributed by atoms with Crippen LogP contribution < -0.4 is 4.74 Å². The lowest BCUT2D eigenvalue weighted by Gasteiger charge is -2.10. The van der Waals surface area contributed by atoms with Crippen molar-refractivity contribution in [3.63, 3.8) is 0 Å². The molecule has 0 N–H and O–H groups in total. The molecule has 4 heteroatoms. The second kappa shape index (κ2) is 7.41. The third-order valence-corrected chi connectivity index (χ3v) is 3.61. The highest BCUT2D eigenvalue weighted by Gasteiger charge is 2.11. The van der Waals surface area contributed by atoms with Crippen LogP contribution in [0.25, 0.3) is 0 Å². The molecule has 0 saturated heterocycles. The van der Waals surface area contributed by atoms with Gasteiger partial charge in [0.1, 0.15) is 16.7 Å². The fourth-order valence-corrected chi connectivity index (χ4v) is 2.25. The molecule has 3 nitrogen and oxygen atoms in total. The maximum Gasteiger partial charge on any atom is 0.226 e. The SMILES string of the molecule is CCCc1ccc(Oc2nc(CCC)nc(Cl)c2C)cc1. The fourth-order valence-electron chi connectivity index (χ4n) is 2.07. The molecule has 1 aromatic carbocycles. The van der Waals surface area contributed by atoms with Crippen molar-refractivity contribution in [3.8, 4) is 11.6 Å². The normalized spacial score (nSPS) is 10.7. The first kappa shape index (κ1) is 15.8. The van der Waals surface area contributed by atoms with Gasteiger partial charge in [-0.2, -0.15) is 4.98 Å². The molecular formula is C17H21ClN2O. The zero-order chi connectivity index (χ0) is 15.2. The Hall–Kier alpha value is -1.61. The third-order valence-electron chi connectivity index (χ3n) is 3.24. The van der Waals surface area contributed by atoms with Gasteiger partial charge in [0.25, 0.3) is 0 Å². The number of hydrogen-bond donors (Lipinski definition) is 0. The van der Waals surface area contributed by atoms with Crippen molar-refractivity contribution in [1.29, 1.82) is 0 Å². The molecule has 0 saturated carbocycles. The number of benzene rings is 1. The summed E-state index contributed by atoms with van der Waals surface area (Å²) in [4.78, 5) is 8.74. The Morgan fingerprint density at radius 2 is 1.67 bits per heavy atom. The average Bonchev–Trinajstić information content (AvgIpc) is 2.47. The molecule has 0 spiro atoms. The van der Waals surface area contributed by atoms with E-state index in [2.05, 4.69) is 35.9 Å². The van der Waals surface area contributed by atoms with Crippen molar-refractivity contribution in [3.05, 3.63) is 46.4 Å². The minimum atomic E-state index is 0.464. The van der Waals surface area contributed by atoms with Gasteiger partial charge < -0.3 is 4.74 Å². The Morgan fingerprint density at radius 1 is 1.00 bits per heavy atom. The molecule has 0 aliphatic carbocycles. The summed E-state index contributed by atoms with van der Waals surface area (Å²) in [6.07, 6.45) is 4.00. The second-order valence-corrected chi connectivity index (χ2v) is 5.46. The number of halogens is 1. The van der Waals surface area contributed by atoms with Crippen LogP contribution in [0.15, 0.2) is 24.3 Å². The molecule has 0 unspecified atom stereocenters. The number of ether oxygens (including phenoxy) is 1. The van der Waals surface area contributed by atoms with Crippen molar-refractivity contribution in [1.82, 2.24) is 9.97 Å². The predicted octanol–water partition coefficient (Wildman–Crippen LogP) is 5.14. The molecule has 21 heavy (non-hydrogen) atoms. The Bertz CT molecular complexity index is 596. The van der Waals surface area contributed by atoms with E-state index >= 15 is 0 Å². The van der Waals surface area contributed by atoms with Gasteiger partial charge in [-0.1, -0.05) is 44.0 Å². The van der Waals surface area contributed by atoms with E-state index in [9.17, 15) is 0 Å². The minimum absolute atomic E-state index is 0.464. The molecule has 0 aliphatic heterocycles. The summed E-state index contributed by atoms with van der Waals surface area (Å²) in [5, 5.41) is 0.464. The van der Waals surface area contributed by atoms with E-state index in [1.165, 1.54) is 5.56 Å². The van der Waals surface area contributed by atoms with Crippen molar-refractivity contribution < 1.29 is 4.74 Å². The van der Waals surface area contributed by atoms with Crippen LogP contribution in [-0.2, 0) is 12.8 Å². The lowest BCUT2D eigenvalue weighted by atomic mass is 10.1. The van der Waals surface area contributed by atoms with Crippen LogP contribution in [0, 0.1) is 6.92 Å². The minimum Gasteiger partial charge on any atom is -0.439 e. The van der Waals surface area contributed by atoms with E-state index in [0.717, 1.165) is 42.8 Å². The monoisotopic (exact) mass is 304 g/mol. The van der Waals surface area contributed by atoms with E-state index in [4.69, 9.17) is 16.3 Å². The number of aryl methyl sites for hydroxylation is 2. The Balaban J connectivity index is 2.21. The molecule has 0 amide bonds. The van der Waals surface area contributed by atoms with Crippen molar-refractivity contribution in [2.24, 2.45) is 0 Å². The molecule has 2 rings (SSSR count). The first-order valence-electron chi connectivity index (χ1n) is 7.43. The molecule has 0 radical (unpaired) electrons. The van der Waals surface area contributed by atoms with E-state index < -0.39 is 0 Å². The number of rotatable bonds is 6. The molecule has 112 valence electrons. The first-order chi connectivity index (χ1) is 10.1. The molecule has 1 aromatic heterocycles. The van der Waals surface area contributed by atoms with E-state index in [1.807, 2.05) is 19.1 Å². The highest BCUT2D eigenvalue weighted by atomic mass is 35.5. The Morgan fingerprint density at radius 3 is 2.29 bits per heavy atom. The predicted molar refractivity (Wildman–Crippen MR) is 86.3 cm³/mol. The largest absolute Gasteiger partial charge is 0.439 e. The summed E-state index contributed by atoms with van der Waals surface area (Å²) < 4.78 is 5.87. The molecule has 0 fully saturated rings. The van der Waals surface area contributed by atoms with Crippen molar-refractivity contribution >= 4 is 11.6 Å². The summed E-state index contributed by atoms with van der Waals surface area (Å²) in [5.41, 5.74) is 2.09. The molecule has 0 atom stereocenters. The zero-order valence-electron chi connectivity index (χ0n) is 12.8. The van der Waals surface area contributed by atoms with E-state index in [0.29, 0.717) is 11.0 Å². The summed E-state index contributed by atoms with van der Waals surface area (Å²) >= 11 is 6.16. The number of hydrogen-bond acceptors (Lipinski definition) is 3. The molecule has 2 aromatic rings. The number of aromatic nitrogens is 2. The standard InChI is InChI=1S/C17H21ClN2O/c1-4-6-13-8-10-14(11-9-13)21-17-12(3)16(18)19-15(20-17)7-5-2/h8-11H,4-7H2,1-3H3. The van der Waals surface area contributed by atoms with Crippen LogP contribution in [0.2, 0.25) is 5.15 Å². The molecule has 0 aliphatic rings. The van der Waals surface area contributed by atoms with Crippen LogP contribution in [0.3, 0.4) is 0 Å². The summed E-state index contributed by atoms with van der Waals surface area (Å²) in [5.74, 6) is 2.04. The number of nitrogens with zero attached hydrogens (tertiary/aromatic N) is 2. The van der Waals surface area contributed by atoms with Crippen LogP contribution in [-0.4, -0.2) is 9.97 Å². The van der Waals surface area contributed by atoms with Gasteiger partial charge in [0.15, 0.2) is 0 Å². The fraction of sp³-hybridized carbons (Fsp3) is 0.412. The van der Waals surface area contributed by atoms with Crippen LogP contribution in [0.5, 0.6) is 11.6 Å². The lowest BCUT2D eigenvalue weighted by Crippen LogP contribution is -2.01. The van der Waals surface area contributed by atoms with Crippen LogP contribution in [0.4, 0.5) is 0 Å². The summed E-state index contributed by atoms with van der Waals surface area (Å²) in [6, 6.07) is 8.12. The van der Waals surface area contributed by atoms with Crippen molar-refractivity contribution in [2.45, 2.75) is 46.5 Å². The molecular weight excluding hydrogens is 284 g/mol. The van der Waals surface area contributed by atoms with Gasteiger partial charge in [0.05, 0.1) is 0 Å². The maximum atomic E-state index is 6.16. The van der Waals surface area contributed by atoms with Gasteiger partial charge in [-0.05, 0) is 37.5 Å². The first-order valence-corrected chi connectivity index (χ1v) is 7.81. The quantitative estimate of drug-likeness (QED) is 0.693. The van der Waals surface area contributed by atoms with Gasteiger partial charge in [-0.3, -0.25) is 0 Å². The van der Waals surface area contributed by atoms with Crippen LogP contribution in [0.1, 0.15) is 43.6 Å². The average molecular weight is 305 g/mol. The van der Waals surface area contributed by atoms with Crippen LogP contribution >= 0.6 is 11.6 Å². The third kappa shape index (κ3) is 4.18. The highest BCUT2D eigenvalue weighted by Crippen LogP contribution is 2.27. The molecule has 0 bridgehead atoms. The van der Waals surface area contributed by atoms with E-state index in [1.54, 1.807) is 0 Å². The molecule has 1 heterocycles. The van der Waals surface area contributed by atoms with Gasteiger partial charge in [-0.15, -0.1) is 0 Å². The van der Waals surface area contributed by atoms with Gasteiger partial charge in [0.2, 0.25) is 5.88 Å². The Kier molecular flexibility index (Phi) is 5.57. The Labute approximate surface area is 131 Å². The van der Waals surface area contributed by atoms with Gasteiger partial charge in [0, 0.05) is 12.0 Å². The highest BCUT2D eigenvalue weighted by molar-refractivity contribution is 6.30.